The van der Waals surface area contributed by atoms with E-state index in [1.54, 1.807) is 12.1 Å². The zero-order chi connectivity index (χ0) is 10.4. The lowest BCUT2D eigenvalue weighted by Crippen LogP contribution is -2.32. The fourth-order valence-corrected chi connectivity index (χ4v) is 1.22. The van der Waals surface area contributed by atoms with Crippen LogP contribution < -0.4 is 11.1 Å². The Morgan fingerprint density at radius 2 is 2.07 bits per heavy atom. The van der Waals surface area contributed by atoms with Gasteiger partial charge < -0.3 is 10.8 Å². The molecule has 0 bridgehead atoms. The summed E-state index contributed by atoms with van der Waals surface area (Å²) in [6.07, 6.45) is 0. The van der Waals surface area contributed by atoms with Crippen molar-refractivity contribution in [3.8, 4) is 0 Å². The first kappa shape index (κ1) is 10.7. The molecule has 0 amide bonds. The third kappa shape index (κ3) is 2.83. The van der Waals surface area contributed by atoms with Crippen molar-refractivity contribution in [2.75, 3.05) is 13.1 Å². The molecule has 0 aliphatic rings. The molecule has 1 unspecified atom stereocenters. The van der Waals surface area contributed by atoms with E-state index < -0.39 is 12.0 Å². The Balaban J connectivity index is 2.73. The minimum Gasteiger partial charge on any atom is -0.480 e. The lowest BCUT2D eigenvalue weighted by Gasteiger charge is -2.13. The van der Waals surface area contributed by atoms with E-state index in [1.807, 2.05) is 18.2 Å². The van der Waals surface area contributed by atoms with Gasteiger partial charge in [-0.2, -0.15) is 0 Å². The summed E-state index contributed by atoms with van der Waals surface area (Å²) in [4.78, 5) is 10.9. The number of benzene rings is 1. The molecule has 4 nitrogen and oxygen atoms in total. The smallest absolute Gasteiger partial charge is 0.325 e. The van der Waals surface area contributed by atoms with Crippen LogP contribution >= 0.6 is 0 Å². The third-order valence-corrected chi connectivity index (χ3v) is 1.87. The minimum absolute atomic E-state index is 0.427. The average Bonchev–Trinajstić information content (AvgIpc) is 2.19. The molecule has 0 spiro atoms. The number of nitrogens with two attached hydrogens (primary N) is 1. The summed E-state index contributed by atoms with van der Waals surface area (Å²) in [6, 6.07) is 8.38. The van der Waals surface area contributed by atoms with E-state index in [1.165, 1.54) is 0 Å². The SMILES string of the molecule is NCCNC(C(=O)O)c1ccccc1. The number of aliphatic carboxylic acids is 1. The highest BCUT2D eigenvalue weighted by Gasteiger charge is 2.17. The first-order chi connectivity index (χ1) is 6.75. The number of hydrogen-bond donors (Lipinski definition) is 3. The van der Waals surface area contributed by atoms with Gasteiger partial charge in [-0.05, 0) is 5.56 Å². The summed E-state index contributed by atoms with van der Waals surface area (Å²) in [7, 11) is 0. The topological polar surface area (TPSA) is 75.3 Å². The van der Waals surface area contributed by atoms with Gasteiger partial charge in [-0.25, -0.2) is 0 Å². The van der Waals surface area contributed by atoms with Gasteiger partial charge in [0.25, 0.3) is 0 Å². The second kappa shape index (κ2) is 5.36. The molecule has 0 saturated heterocycles. The predicted molar refractivity (Wildman–Crippen MR) is 53.9 cm³/mol. The van der Waals surface area contributed by atoms with E-state index in [4.69, 9.17) is 10.8 Å². The van der Waals surface area contributed by atoms with Crippen molar-refractivity contribution in [2.24, 2.45) is 5.73 Å². The molecule has 0 aliphatic carbocycles. The highest BCUT2D eigenvalue weighted by molar-refractivity contribution is 5.75. The van der Waals surface area contributed by atoms with Crippen LogP contribution in [0.25, 0.3) is 0 Å². The third-order valence-electron chi connectivity index (χ3n) is 1.87. The molecule has 76 valence electrons. The molecule has 1 rings (SSSR count). The highest BCUT2D eigenvalue weighted by atomic mass is 16.4. The summed E-state index contributed by atoms with van der Waals surface area (Å²) < 4.78 is 0. The van der Waals surface area contributed by atoms with Crippen LogP contribution in [-0.4, -0.2) is 24.2 Å². The number of rotatable bonds is 5. The van der Waals surface area contributed by atoms with Crippen molar-refractivity contribution >= 4 is 5.97 Å². The number of hydrogen-bond acceptors (Lipinski definition) is 3. The van der Waals surface area contributed by atoms with Gasteiger partial charge in [0.1, 0.15) is 6.04 Å². The van der Waals surface area contributed by atoms with E-state index in [9.17, 15) is 4.79 Å². The average molecular weight is 194 g/mol. The van der Waals surface area contributed by atoms with E-state index in [2.05, 4.69) is 5.32 Å². The molecular weight excluding hydrogens is 180 g/mol. The number of nitrogens with one attached hydrogen (secondary N) is 1. The van der Waals surface area contributed by atoms with E-state index in [0.717, 1.165) is 5.56 Å². The lowest BCUT2D eigenvalue weighted by molar-refractivity contribution is -0.139. The summed E-state index contributed by atoms with van der Waals surface area (Å²) in [5, 5.41) is 11.8. The second-order valence-corrected chi connectivity index (χ2v) is 2.92. The normalized spacial score (nSPS) is 12.4. The molecule has 0 radical (unpaired) electrons. The van der Waals surface area contributed by atoms with Crippen LogP contribution in [-0.2, 0) is 4.79 Å². The largest absolute Gasteiger partial charge is 0.480 e. The van der Waals surface area contributed by atoms with E-state index in [0.29, 0.717) is 13.1 Å². The van der Waals surface area contributed by atoms with Gasteiger partial charge in [0.05, 0.1) is 0 Å². The van der Waals surface area contributed by atoms with Crippen molar-refractivity contribution < 1.29 is 9.90 Å². The van der Waals surface area contributed by atoms with Gasteiger partial charge in [0, 0.05) is 13.1 Å². The Morgan fingerprint density at radius 3 is 2.57 bits per heavy atom. The van der Waals surface area contributed by atoms with Gasteiger partial charge in [0.15, 0.2) is 0 Å². The zero-order valence-electron chi connectivity index (χ0n) is 7.81. The number of carboxylic acids is 1. The van der Waals surface area contributed by atoms with Gasteiger partial charge in [-0.15, -0.1) is 0 Å². The molecule has 1 aromatic carbocycles. The molecular formula is C10H14N2O2. The molecule has 0 heterocycles. The number of carbonyl (C=O) groups is 1. The maximum atomic E-state index is 10.9. The van der Waals surface area contributed by atoms with Crippen LogP contribution in [0.15, 0.2) is 30.3 Å². The summed E-state index contributed by atoms with van der Waals surface area (Å²) in [5.41, 5.74) is 6.04. The van der Waals surface area contributed by atoms with Crippen LogP contribution in [0, 0.1) is 0 Å². The van der Waals surface area contributed by atoms with Crippen molar-refractivity contribution in [3.05, 3.63) is 35.9 Å². The van der Waals surface area contributed by atoms with Crippen LogP contribution in [0.1, 0.15) is 11.6 Å². The van der Waals surface area contributed by atoms with Crippen LogP contribution in [0.4, 0.5) is 0 Å². The first-order valence-corrected chi connectivity index (χ1v) is 4.47. The zero-order valence-corrected chi connectivity index (χ0v) is 7.81. The Kier molecular flexibility index (Phi) is 4.10. The molecule has 0 fully saturated rings. The summed E-state index contributed by atoms with van der Waals surface area (Å²) in [6.45, 7) is 0.919. The first-order valence-electron chi connectivity index (χ1n) is 4.47. The molecule has 0 aromatic heterocycles. The Hall–Kier alpha value is -1.39. The Bertz CT molecular complexity index is 287. The fourth-order valence-electron chi connectivity index (χ4n) is 1.22. The standard InChI is InChI=1S/C10H14N2O2/c11-6-7-12-9(10(13)14)8-4-2-1-3-5-8/h1-5,9,12H,6-7,11H2,(H,13,14). The number of carboxylic acid groups (broad SMARTS) is 1. The molecule has 4 N–H and O–H groups in total. The molecule has 0 saturated carbocycles. The van der Waals surface area contributed by atoms with Gasteiger partial charge in [0.2, 0.25) is 0 Å². The molecule has 1 aromatic rings. The summed E-state index contributed by atoms with van der Waals surface area (Å²) in [5.74, 6) is -0.885. The molecule has 4 heteroatoms. The monoisotopic (exact) mass is 194 g/mol. The predicted octanol–water partition coefficient (Wildman–Crippen LogP) is 0.361. The maximum absolute atomic E-state index is 10.9. The minimum atomic E-state index is -0.885. The fraction of sp³-hybridized carbons (Fsp3) is 0.300. The molecule has 0 aliphatic heterocycles. The molecule has 14 heavy (non-hydrogen) atoms. The van der Waals surface area contributed by atoms with Crippen molar-refractivity contribution in [3.63, 3.8) is 0 Å². The van der Waals surface area contributed by atoms with E-state index >= 15 is 0 Å². The van der Waals surface area contributed by atoms with Crippen LogP contribution in [0.5, 0.6) is 0 Å². The van der Waals surface area contributed by atoms with Crippen molar-refractivity contribution in [2.45, 2.75) is 6.04 Å². The van der Waals surface area contributed by atoms with E-state index in [-0.39, 0.29) is 0 Å². The van der Waals surface area contributed by atoms with Crippen LogP contribution in [0.2, 0.25) is 0 Å². The van der Waals surface area contributed by atoms with Crippen LogP contribution in [0.3, 0.4) is 0 Å². The van der Waals surface area contributed by atoms with Crippen molar-refractivity contribution in [1.29, 1.82) is 0 Å². The van der Waals surface area contributed by atoms with Gasteiger partial charge in [-0.1, -0.05) is 30.3 Å². The Labute approximate surface area is 82.7 Å². The quantitative estimate of drug-likeness (QED) is 0.632. The Morgan fingerprint density at radius 1 is 1.43 bits per heavy atom. The maximum Gasteiger partial charge on any atom is 0.325 e. The van der Waals surface area contributed by atoms with Crippen molar-refractivity contribution in [1.82, 2.24) is 5.32 Å². The lowest BCUT2D eigenvalue weighted by atomic mass is 10.1. The van der Waals surface area contributed by atoms with Gasteiger partial charge >= 0.3 is 5.97 Å². The second-order valence-electron chi connectivity index (χ2n) is 2.92. The summed E-state index contributed by atoms with van der Waals surface area (Å²) >= 11 is 0. The molecule has 1 atom stereocenters. The highest BCUT2D eigenvalue weighted by Crippen LogP contribution is 2.11. The van der Waals surface area contributed by atoms with Gasteiger partial charge in [-0.3, -0.25) is 10.1 Å².